The Bertz CT molecular complexity index is 2000. The van der Waals surface area contributed by atoms with Crippen LogP contribution in [0.3, 0.4) is 0 Å². The SMILES string of the molecule is CC(CCC(=O)C(C)C1=CC=C2C3CC=C4CC(OC5OC(CO)C(OC6OC(CO)C(O)C(O)C6OC6OC(CO)C(O)C(O)C6O)C(O)C5O)CCC4(C)C3CCC12C)COC1OC(CO)C(O)C(O)C1O. The first-order chi connectivity index (χ1) is 35.1. The van der Waals surface area contributed by atoms with Crippen molar-refractivity contribution in [2.45, 2.75) is 208 Å². The molecule has 0 amide bonds. The molecule has 2 saturated carbocycles. The van der Waals surface area contributed by atoms with Crippen LogP contribution in [0.4, 0.5) is 0 Å². The number of carbonyl (C=O) groups is 1. The summed E-state index contributed by atoms with van der Waals surface area (Å²) in [6, 6.07) is 0. The Hall–Kier alpha value is -1.99. The topological polar surface area (TPSA) is 374 Å². The van der Waals surface area contributed by atoms with Gasteiger partial charge in [0.2, 0.25) is 0 Å². The molecule has 0 bridgehead atoms. The van der Waals surface area contributed by atoms with Crippen LogP contribution in [0.25, 0.3) is 0 Å². The van der Waals surface area contributed by atoms with E-state index in [0.29, 0.717) is 31.6 Å². The molecule has 4 heterocycles. The highest BCUT2D eigenvalue weighted by atomic mass is 16.8. The van der Waals surface area contributed by atoms with E-state index in [0.717, 1.165) is 31.3 Å². The minimum atomic E-state index is -1.92. The van der Waals surface area contributed by atoms with Crippen molar-refractivity contribution in [3.63, 3.8) is 0 Å². The Balaban J connectivity index is 0.854. The molecule has 4 aliphatic carbocycles. The normalized spacial score (nSPS) is 48.4. The average molecular weight is 1060 g/mol. The zero-order valence-corrected chi connectivity index (χ0v) is 42.3. The third kappa shape index (κ3) is 11.0. The Morgan fingerprint density at radius 1 is 0.622 bits per heavy atom. The molecule has 0 aromatic carbocycles. The van der Waals surface area contributed by atoms with Crippen molar-refractivity contribution in [1.82, 2.24) is 0 Å². The number of aliphatic hydroxyl groups is 14. The first kappa shape index (κ1) is 58.2. The molecule has 0 radical (unpaired) electrons. The number of carbonyl (C=O) groups excluding carboxylic acids is 1. The number of hydrogen-bond acceptors (Lipinski definition) is 23. The molecule has 4 saturated heterocycles. The van der Waals surface area contributed by atoms with Gasteiger partial charge in [-0.3, -0.25) is 4.79 Å². The highest BCUT2D eigenvalue weighted by Gasteiger charge is 2.58. The molecule has 0 aromatic heterocycles. The Labute approximate surface area is 429 Å². The number of aliphatic hydroxyl groups excluding tert-OH is 14. The molecule has 27 unspecified atom stereocenters. The molecule has 23 nitrogen and oxygen atoms in total. The van der Waals surface area contributed by atoms with Crippen LogP contribution in [-0.4, -0.2) is 239 Å². The number of Topliss-reactive ketones (excluding diaryl/α,β-unsaturated/α-hetero) is 1. The summed E-state index contributed by atoms with van der Waals surface area (Å²) in [4.78, 5) is 13.8. The number of fused-ring (bicyclic) bond motifs is 5. The summed E-state index contributed by atoms with van der Waals surface area (Å²) in [5.41, 5.74) is 3.22. The monoisotopic (exact) mass is 1060 g/mol. The number of ether oxygens (including phenoxy) is 8. The molecule has 422 valence electrons. The maximum atomic E-state index is 13.8. The minimum absolute atomic E-state index is 0.0939. The maximum Gasteiger partial charge on any atom is 0.187 e. The third-order valence-corrected chi connectivity index (χ3v) is 17.8. The summed E-state index contributed by atoms with van der Waals surface area (Å²) in [6.07, 6.45) is -20.7. The second kappa shape index (κ2) is 23.8. The number of hydrogen-bond donors (Lipinski definition) is 14. The lowest BCUT2D eigenvalue weighted by molar-refractivity contribution is -0.390. The minimum Gasteiger partial charge on any atom is -0.394 e. The van der Waals surface area contributed by atoms with Crippen LogP contribution in [0.1, 0.15) is 79.1 Å². The zero-order chi connectivity index (χ0) is 53.7. The van der Waals surface area contributed by atoms with E-state index in [1.165, 1.54) is 11.1 Å². The fraction of sp³-hybridized carbons (Fsp3) is 0.863. The lowest BCUT2D eigenvalue weighted by Gasteiger charge is -2.56. The summed E-state index contributed by atoms with van der Waals surface area (Å²) in [6.45, 7) is 5.65. The molecule has 0 spiro atoms. The summed E-state index contributed by atoms with van der Waals surface area (Å²) in [7, 11) is 0. The highest BCUT2D eigenvalue weighted by Crippen LogP contribution is 2.64. The van der Waals surface area contributed by atoms with E-state index in [1.807, 2.05) is 13.8 Å². The Morgan fingerprint density at radius 2 is 1.15 bits per heavy atom. The second-order valence-electron chi connectivity index (χ2n) is 22.4. The number of rotatable bonds is 18. The van der Waals surface area contributed by atoms with Gasteiger partial charge in [0.05, 0.1) is 39.1 Å². The summed E-state index contributed by atoms with van der Waals surface area (Å²) >= 11 is 0. The van der Waals surface area contributed by atoms with E-state index in [4.69, 9.17) is 37.9 Å². The van der Waals surface area contributed by atoms with E-state index in [1.54, 1.807) is 0 Å². The van der Waals surface area contributed by atoms with Crippen LogP contribution in [0.2, 0.25) is 0 Å². The van der Waals surface area contributed by atoms with Crippen LogP contribution in [-0.2, 0) is 42.7 Å². The van der Waals surface area contributed by atoms with Gasteiger partial charge in [-0.05, 0) is 68.1 Å². The first-order valence-corrected chi connectivity index (χ1v) is 26.2. The summed E-state index contributed by atoms with van der Waals surface area (Å²) in [5, 5.41) is 146. The van der Waals surface area contributed by atoms with Crippen LogP contribution in [0.15, 0.2) is 34.9 Å². The van der Waals surface area contributed by atoms with Crippen LogP contribution in [0.5, 0.6) is 0 Å². The van der Waals surface area contributed by atoms with Crippen molar-refractivity contribution < 1.29 is 114 Å². The van der Waals surface area contributed by atoms with E-state index >= 15 is 0 Å². The predicted molar refractivity (Wildman–Crippen MR) is 251 cm³/mol. The fourth-order valence-corrected chi connectivity index (χ4v) is 13.1. The van der Waals surface area contributed by atoms with Crippen molar-refractivity contribution in [1.29, 1.82) is 0 Å². The van der Waals surface area contributed by atoms with Gasteiger partial charge in [-0.15, -0.1) is 0 Å². The van der Waals surface area contributed by atoms with Gasteiger partial charge in [0.1, 0.15) is 103 Å². The smallest absolute Gasteiger partial charge is 0.187 e. The van der Waals surface area contributed by atoms with Crippen molar-refractivity contribution in [3.8, 4) is 0 Å². The van der Waals surface area contributed by atoms with Crippen molar-refractivity contribution in [2.24, 2.45) is 34.5 Å². The molecule has 27 atom stereocenters. The van der Waals surface area contributed by atoms with Crippen LogP contribution >= 0.6 is 0 Å². The quantitative estimate of drug-likeness (QED) is 0.0597. The van der Waals surface area contributed by atoms with E-state index < -0.39 is 155 Å². The lowest BCUT2D eigenvalue weighted by Crippen LogP contribution is -2.67. The van der Waals surface area contributed by atoms with Gasteiger partial charge in [-0.2, -0.15) is 0 Å². The lowest BCUT2D eigenvalue weighted by atomic mass is 9.48. The zero-order valence-electron chi connectivity index (χ0n) is 42.3. The van der Waals surface area contributed by atoms with Crippen molar-refractivity contribution in [2.75, 3.05) is 33.0 Å². The molecule has 8 rings (SSSR count). The van der Waals surface area contributed by atoms with Gasteiger partial charge < -0.3 is 109 Å². The molecule has 8 aliphatic rings. The molecule has 23 heteroatoms. The maximum absolute atomic E-state index is 13.8. The Morgan fingerprint density at radius 3 is 1.78 bits per heavy atom. The number of ketones is 1. The van der Waals surface area contributed by atoms with Crippen LogP contribution in [0, 0.1) is 34.5 Å². The predicted octanol–water partition coefficient (Wildman–Crippen LogP) is -3.32. The van der Waals surface area contributed by atoms with Gasteiger partial charge in [0.25, 0.3) is 0 Å². The number of allylic oxidation sites excluding steroid dienone is 5. The largest absolute Gasteiger partial charge is 0.394 e. The summed E-state index contributed by atoms with van der Waals surface area (Å²) < 4.78 is 46.5. The van der Waals surface area contributed by atoms with Gasteiger partial charge in [0, 0.05) is 17.8 Å². The molecule has 6 fully saturated rings. The van der Waals surface area contributed by atoms with Gasteiger partial charge >= 0.3 is 0 Å². The van der Waals surface area contributed by atoms with Crippen molar-refractivity contribution >= 4 is 5.78 Å². The van der Waals surface area contributed by atoms with Gasteiger partial charge in [0.15, 0.2) is 25.2 Å². The highest BCUT2D eigenvalue weighted by molar-refractivity contribution is 5.84. The second-order valence-corrected chi connectivity index (χ2v) is 22.4. The van der Waals surface area contributed by atoms with Gasteiger partial charge in [-0.1, -0.05) is 62.6 Å². The molecule has 14 N–H and O–H groups in total. The average Bonchev–Trinajstić information content (AvgIpc) is 3.75. The van der Waals surface area contributed by atoms with Crippen molar-refractivity contribution in [3.05, 3.63) is 34.9 Å². The molecular weight excluding hydrogens is 981 g/mol. The summed E-state index contributed by atoms with van der Waals surface area (Å²) in [5.74, 6) is 0.275. The first-order valence-electron chi connectivity index (χ1n) is 26.2. The molecule has 0 aromatic rings. The third-order valence-electron chi connectivity index (χ3n) is 17.8. The molecule has 74 heavy (non-hydrogen) atoms. The molecule has 4 aliphatic heterocycles. The molecular formula is C51H80O23. The van der Waals surface area contributed by atoms with E-state index in [2.05, 4.69) is 32.1 Å². The fourth-order valence-electron chi connectivity index (χ4n) is 13.1. The van der Waals surface area contributed by atoms with Gasteiger partial charge in [-0.25, -0.2) is 0 Å². The van der Waals surface area contributed by atoms with E-state index in [-0.39, 0.29) is 41.0 Å². The standard InChI is InChI=1S/C51H80O23/c1-21(20-67-46-41(64)37(60)34(57)30(16-52)69-46)5-10-29(56)22(2)26-8-9-27-25-7-6-23-15-24(11-13-50(23,3)28(25)12-14-51(26,27)4)68-47-43(66)40(63)44(33(19-55)72-47)73-49-45(39(62)36(59)32(18-54)71-49)74-48-42(65)38(61)35(58)31(17-53)70-48/h6,8-9,21-22,24-25,28,30-49,52-55,57-66H,5,7,10-20H2,1-4H3. The van der Waals surface area contributed by atoms with Crippen LogP contribution < -0.4 is 0 Å². The van der Waals surface area contributed by atoms with E-state index in [9.17, 15) is 76.3 Å². The Kier molecular flexibility index (Phi) is 18.7.